The molecule has 2 rings (SSSR count). The van der Waals surface area contributed by atoms with E-state index in [1.165, 1.54) is 25.7 Å². The van der Waals surface area contributed by atoms with Gasteiger partial charge in [-0.2, -0.15) is 0 Å². The molecule has 2 aliphatic carbocycles. The van der Waals surface area contributed by atoms with Gasteiger partial charge in [0.25, 0.3) is 0 Å². The summed E-state index contributed by atoms with van der Waals surface area (Å²) in [6, 6.07) is 0. The molecule has 0 nitrogen and oxygen atoms in total. The van der Waals surface area contributed by atoms with Gasteiger partial charge in [-0.25, -0.2) is 0 Å². The van der Waals surface area contributed by atoms with E-state index in [-0.39, 0.29) is 0 Å². The molecule has 0 amide bonds. The number of hydrogen-bond acceptors (Lipinski definition) is 0. The van der Waals surface area contributed by atoms with Crippen LogP contribution < -0.4 is 0 Å². The maximum atomic E-state index is 2.30. The zero-order valence-corrected chi connectivity index (χ0v) is 7.95. The molecule has 0 atom stereocenters. The smallest absolute Gasteiger partial charge is 0.0166 e. The van der Waals surface area contributed by atoms with Crippen molar-refractivity contribution in [3.63, 3.8) is 0 Å². The van der Waals surface area contributed by atoms with Gasteiger partial charge < -0.3 is 0 Å². The highest BCUT2D eigenvalue weighted by atomic mass is 14.1. The first-order chi connectivity index (χ1) is 6.47. The molecule has 2 aliphatic rings. The number of allylic oxidation sites excluding steroid dienone is 8. The van der Waals surface area contributed by atoms with Crippen molar-refractivity contribution in [2.45, 2.75) is 25.7 Å². The van der Waals surface area contributed by atoms with Gasteiger partial charge in [-0.1, -0.05) is 48.1 Å². The van der Waals surface area contributed by atoms with Crippen molar-refractivity contribution in [2.75, 3.05) is 0 Å². The highest BCUT2D eigenvalue weighted by Crippen LogP contribution is 2.25. The van der Waals surface area contributed by atoms with Crippen molar-refractivity contribution < 1.29 is 0 Å². The van der Waals surface area contributed by atoms with Crippen LogP contribution in [0.3, 0.4) is 0 Å². The molecule has 0 radical (unpaired) electrons. The van der Waals surface area contributed by atoms with Gasteiger partial charge >= 0.3 is 0 Å². The molecule has 0 unspecified atom stereocenters. The van der Waals surface area contributed by atoms with E-state index in [1.54, 1.807) is 5.57 Å². The van der Waals surface area contributed by atoms with Gasteiger partial charge in [-0.3, -0.25) is 0 Å². The van der Waals surface area contributed by atoms with Crippen LogP contribution in [0.15, 0.2) is 48.1 Å². The van der Waals surface area contributed by atoms with Crippen molar-refractivity contribution in [1.29, 1.82) is 0 Å². The van der Waals surface area contributed by atoms with E-state index in [2.05, 4.69) is 42.5 Å². The summed E-state index contributed by atoms with van der Waals surface area (Å²) in [6.45, 7) is 0. The summed E-state index contributed by atoms with van der Waals surface area (Å²) >= 11 is 0. The lowest BCUT2D eigenvalue weighted by Crippen LogP contribution is -1.96. The maximum absolute atomic E-state index is 2.30. The normalized spacial score (nSPS) is 22.9. The van der Waals surface area contributed by atoms with Crippen LogP contribution in [0.4, 0.5) is 0 Å². The van der Waals surface area contributed by atoms with E-state index in [1.807, 2.05) is 0 Å². The minimum absolute atomic E-state index is 0.586. The van der Waals surface area contributed by atoms with Gasteiger partial charge in [0.15, 0.2) is 0 Å². The van der Waals surface area contributed by atoms with Gasteiger partial charge in [0.05, 0.1) is 0 Å². The van der Waals surface area contributed by atoms with Crippen LogP contribution >= 0.6 is 0 Å². The maximum Gasteiger partial charge on any atom is 0.0166 e. The minimum Gasteiger partial charge on any atom is -0.0845 e. The van der Waals surface area contributed by atoms with Crippen molar-refractivity contribution in [2.24, 2.45) is 5.92 Å². The Morgan fingerprint density at radius 1 is 1.00 bits per heavy atom. The summed E-state index contributed by atoms with van der Waals surface area (Å²) in [4.78, 5) is 0. The fraction of sp³-hybridized carbons (Fsp3) is 0.385. The second kappa shape index (κ2) is 4.27. The van der Waals surface area contributed by atoms with Crippen LogP contribution in [0.2, 0.25) is 0 Å². The first-order valence-electron chi connectivity index (χ1n) is 5.17. The Bertz CT molecular complexity index is 264. The molecular weight excluding hydrogens is 156 g/mol. The average molecular weight is 172 g/mol. The highest BCUT2D eigenvalue weighted by molar-refractivity contribution is 5.31. The molecule has 0 aliphatic heterocycles. The lowest BCUT2D eigenvalue weighted by Gasteiger charge is -2.12. The quantitative estimate of drug-likeness (QED) is 0.564. The van der Waals surface area contributed by atoms with E-state index in [0.29, 0.717) is 5.92 Å². The van der Waals surface area contributed by atoms with Crippen molar-refractivity contribution >= 4 is 0 Å². The van der Waals surface area contributed by atoms with Crippen LogP contribution in [-0.2, 0) is 0 Å². The van der Waals surface area contributed by atoms with Gasteiger partial charge in [0.1, 0.15) is 0 Å². The molecule has 0 saturated heterocycles. The lowest BCUT2D eigenvalue weighted by molar-refractivity contribution is 0.707. The van der Waals surface area contributed by atoms with E-state index >= 15 is 0 Å². The average Bonchev–Trinajstić information content (AvgIpc) is 2.55. The van der Waals surface area contributed by atoms with E-state index in [9.17, 15) is 0 Å². The monoisotopic (exact) mass is 172 g/mol. The summed E-state index contributed by atoms with van der Waals surface area (Å²) in [5.74, 6) is 0.586. The molecular formula is C13H16. The Hall–Kier alpha value is -1.04. The Morgan fingerprint density at radius 2 is 1.85 bits per heavy atom. The van der Waals surface area contributed by atoms with Gasteiger partial charge in [-0.15, -0.1) is 0 Å². The summed E-state index contributed by atoms with van der Waals surface area (Å²) < 4.78 is 0. The molecule has 0 heteroatoms. The Kier molecular flexibility index (Phi) is 2.81. The molecule has 68 valence electrons. The van der Waals surface area contributed by atoms with Crippen LogP contribution in [0.25, 0.3) is 0 Å². The molecule has 0 N–H and O–H groups in total. The topological polar surface area (TPSA) is 0 Å². The fourth-order valence-electron chi connectivity index (χ4n) is 1.92. The molecule has 0 aromatic heterocycles. The SMILES string of the molecule is C1=CCCCCC(C2C=CC=C2)=C1. The first kappa shape index (κ1) is 8.55. The first-order valence-corrected chi connectivity index (χ1v) is 5.17. The van der Waals surface area contributed by atoms with Gasteiger partial charge in [-0.05, 0) is 25.7 Å². The second-order valence-corrected chi connectivity index (χ2v) is 3.71. The van der Waals surface area contributed by atoms with E-state index in [4.69, 9.17) is 0 Å². The number of rotatable bonds is 1. The fourth-order valence-corrected chi connectivity index (χ4v) is 1.92. The molecule has 13 heavy (non-hydrogen) atoms. The molecule has 0 spiro atoms. The lowest BCUT2D eigenvalue weighted by atomic mass is 9.93. The van der Waals surface area contributed by atoms with Crippen molar-refractivity contribution in [1.82, 2.24) is 0 Å². The molecule has 0 saturated carbocycles. The van der Waals surface area contributed by atoms with Gasteiger partial charge in [0, 0.05) is 5.92 Å². The molecule has 0 fully saturated rings. The summed E-state index contributed by atoms with van der Waals surface area (Å²) in [6.07, 6.45) is 20.8. The largest absolute Gasteiger partial charge is 0.0845 e. The van der Waals surface area contributed by atoms with Crippen LogP contribution in [0.1, 0.15) is 25.7 Å². The Morgan fingerprint density at radius 3 is 2.69 bits per heavy atom. The summed E-state index contributed by atoms with van der Waals surface area (Å²) in [5, 5.41) is 0. The third kappa shape index (κ3) is 2.21. The summed E-state index contributed by atoms with van der Waals surface area (Å²) in [7, 11) is 0. The zero-order valence-electron chi connectivity index (χ0n) is 7.95. The Balaban J connectivity index is 2.10. The molecule has 0 aromatic rings. The van der Waals surface area contributed by atoms with Crippen molar-refractivity contribution in [3.05, 3.63) is 48.1 Å². The summed E-state index contributed by atoms with van der Waals surface area (Å²) in [5.41, 5.74) is 1.57. The standard InChI is InChI=1S/C13H16/c1-2-4-8-12(9-5-3-1)13-10-6-7-11-13/h2,4,6-8,10-11,13H,1,3,5,9H2. The van der Waals surface area contributed by atoms with E-state index in [0.717, 1.165) is 0 Å². The predicted molar refractivity (Wildman–Crippen MR) is 57.5 cm³/mol. The van der Waals surface area contributed by atoms with Crippen LogP contribution in [0, 0.1) is 5.92 Å². The number of hydrogen-bond donors (Lipinski definition) is 0. The molecule has 0 aromatic carbocycles. The highest BCUT2D eigenvalue weighted by Gasteiger charge is 2.09. The van der Waals surface area contributed by atoms with E-state index < -0.39 is 0 Å². The van der Waals surface area contributed by atoms with Crippen LogP contribution in [0.5, 0.6) is 0 Å². The predicted octanol–water partition coefficient (Wildman–Crippen LogP) is 3.79. The molecule has 0 bridgehead atoms. The molecule has 0 heterocycles. The zero-order chi connectivity index (χ0) is 8.93. The van der Waals surface area contributed by atoms with Crippen LogP contribution in [-0.4, -0.2) is 0 Å². The Labute approximate surface area is 80.3 Å². The third-order valence-electron chi connectivity index (χ3n) is 2.71. The minimum atomic E-state index is 0.586. The second-order valence-electron chi connectivity index (χ2n) is 3.71. The van der Waals surface area contributed by atoms with Crippen molar-refractivity contribution in [3.8, 4) is 0 Å². The van der Waals surface area contributed by atoms with Gasteiger partial charge in [0.2, 0.25) is 0 Å². The third-order valence-corrected chi connectivity index (χ3v) is 2.71.